The van der Waals surface area contributed by atoms with Crippen molar-refractivity contribution in [1.82, 2.24) is 10.2 Å². The summed E-state index contributed by atoms with van der Waals surface area (Å²) in [6, 6.07) is 6.24. The maximum Gasteiger partial charge on any atom is 0.223 e. The Bertz CT molecular complexity index is 399. The molecule has 0 saturated carbocycles. The molecule has 0 saturated heterocycles. The summed E-state index contributed by atoms with van der Waals surface area (Å²) >= 11 is 0. The summed E-state index contributed by atoms with van der Waals surface area (Å²) < 4.78 is 18.6. The summed E-state index contributed by atoms with van der Waals surface area (Å²) in [6.45, 7) is 4.25. The van der Waals surface area contributed by atoms with Gasteiger partial charge in [0, 0.05) is 20.0 Å². The molecule has 1 rings (SSSR count). The van der Waals surface area contributed by atoms with Crippen LogP contribution >= 0.6 is 0 Å². The van der Waals surface area contributed by atoms with Gasteiger partial charge in [-0.05, 0) is 18.7 Å². The van der Waals surface area contributed by atoms with E-state index in [0.717, 1.165) is 6.54 Å². The first kappa shape index (κ1) is 15.4. The normalized spacial score (nSPS) is 10.3. The zero-order valence-electron chi connectivity index (χ0n) is 11.5. The standard InChI is InChI=1S/C14H21FN2O2/c1-3-16-9-8-14(18)17(2)10-11-19-13-7-5-4-6-12(13)15/h4-7,16H,3,8-11H2,1-2H3. The van der Waals surface area contributed by atoms with Gasteiger partial charge in [0.05, 0.1) is 6.54 Å². The molecule has 0 aliphatic carbocycles. The summed E-state index contributed by atoms with van der Waals surface area (Å²) in [5.74, 6) is -0.113. The fourth-order valence-electron chi connectivity index (χ4n) is 1.54. The van der Waals surface area contributed by atoms with E-state index >= 15 is 0 Å². The molecule has 0 aromatic heterocycles. The number of nitrogens with zero attached hydrogens (tertiary/aromatic N) is 1. The predicted octanol–water partition coefficient (Wildman–Crippen LogP) is 1.66. The third-order valence-electron chi connectivity index (χ3n) is 2.71. The molecule has 0 fully saturated rings. The lowest BCUT2D eigenvalue weighted by atomic mass is 10.3. The Morgan fingerprint density at radius 3 is 2.84 bits per heavy atom. The molecule has 0 bridgehead atoms. The molecule has 1 aromatic rings. The van der Waals surface area contributed by atoms with E-state index in [-0.39, 0.29) is 24.1 Å². The lowest BCUT2D eigenvalue weighted by Crippen LogP contribution is -2.33. The molecule has 106 valence electrons. The zero-order chi connectivity index (χ0) is 14.1. The highest BCUT2D eigenvalue weighted by Crippen LogP contribution is 2.14. The second kappa shape index (κ2) is 8.48. The fourth-order valence-corrected chi connectivity index (χ4v) is 1.54. The Morgan fingerprint density at radius 2 is 2.16 bits per heavy atom. The van der Waals surface area contributed by atoms with Gasteiger partial charge in [0.15, 0.2) is 11.6 Å². The van der Waals surface area contributed by atoms with Crippen LogP contribution in [-0.4, -0.2) is 44.1 Å². The van der Waals surface area contributed by atoms with Crippen LogP contribution in [0.4, 0.5) is 4.39 Å². The van der Waals surface area contributed by atoms with Gasteiger partial charge in [-0.2, -0.15) is 0 Å². The summed E-state index contributed by atoms with van der Waals surface area (Å²) in [5.41, 5.74) is 0. The molecule has 0 unspecified atom stereocenters. The molecular weight excluding hydrogens is 247 g/mol. The number of carbonyl (C=O) groups excluding carboxylic acids is 1. The van der Waals surface area contributed by atoms with Gasteiger partial charge in [0.2, 0.25) is 5.91 Å². The molecule has 0 aliphatic heterocycles. The Morgan fingerprint density at radius 1 is 1.42 bits per heavy atom. The summed E-state index contributed by atoms with van der Waals surface area (Å²) in [5, 5.41) is 3.10. The highest BCUT2D eigenvalue weighted by Gasteiger charge is 2.08. The van der Waals surface area contributed by atoms with Crippen molar-refractivity contribution in [3.05, 3.63) is 30.1 Å². The van der Waals surface area contributed by atoms with Crippen LogP contribution in [0.5, 0.6) is 5.75 Å². The number of nitrogens with one attached hydrogen (secondary N) is 1. The van der Waals surface area contributed by atoms with Crippen LogP contribution in [0.2, 0.25) is 0 Å². The van der Waals surface area contributed by atoms with E-state index in [1.807, 2.05) is 6.92 Å². The lowest BCUT2D eigenvalue weighted by molar-refractivity contribution is -0.130. The SMILES string of the molecule is CCNCCC(=O)N(C)CCOc1ccccc1F. The molecule has 1 amide bonds. The first-order valence-electron chi connectivity index (χ1n) is 6.47. The molecule has 1 N–H and O–H groups in total. The van der Waals surface area contributed by atoms with Gasteiger partial charge in [-0.15, -0.1) is 0 Å². The minimum atomic E-state index is -0.386. The summed E-state index contributed by atoms with van der Waals surface area (Å²) in [4.78, 5) is 13.3. The molecular formula is C14H21FN2O2. The first-order chi connectivity index (χ1) is 9.15. The van der Waals surface area contributed by atoms with Gasteiger partial charge in [0.25, 0.3) is 0 Å². The van der Waals surface area contributed by atoms with Crippen molar-refractivity contribution in [2.75, 3.05) is 33.3 Å². The monoisotopic (exact) mass is 268 g/mol. The summed E-state index contributed by atoms with van der Waals surface area (Å²) in [6.07, 6.45) is 0.462. The number of hydrogen-bond donors (Lipinski definition) is 1. The molecule has 5 heteroatoms. The number of hydrogen-bond acceptors (Lipinski definition) is 3. The summed E-state index contributed by atoms with van der Waals surface area (Å²) in [7, 11) is 1.72. The van der Waals surface area contributed by atoms with E-state index in [2.05, 4.69) is 5.32 Å². The topological polar surface area (TPSA) is 41.6 Å². The van der Waals surface area contributed by atoms with Crippen LogP contribution in [0.1, 0.15) is 13.3 Å². The van der Waals surface area contributed by atoms with E-state index in [0.29, 0.717) is 19.5 Å². The Kier molecular flexibility index (Phi) is 6.89. The third kappa shape index (κ3) is 5.70. The predicted molar refractivity (Wildman–Crippen MR) is 72.7 cm³/mol. The number of benzene rings is 1. The van der Waals surface area contributed by atoms with Crippen molar-refractivity contribution in [3.8, 4) is 5.75 Å². The second-order valence-corrected chi connectivity index (χ2v) is 4.20. The molecule has 0 spiro atoms. The smallest absolute Gasteiger partial charge is 0.223 e. The van der Waals surface area contributed by atoms with Crippen molar-refractivity contribution in [1.29, 1.82) is 0 Å². The van der Waals surface area contributed by atoms with Crippen molar-refractivity contribution >= 4 is 5.91 Å². The third-order valence-corrected chi connectivity index (χ3v) is 2.71. The second-order valence-electron chi connectivity index (χ2n) is 4.20. The van der Waals surface area contributed by atoms with E-state index in [1.165, 1.54) is 6.07 Å². The molecule has 0 radical (unpaired) electrons. The molecule has 0 atom stereocenters. The first-order valence-corrected chi connectivity index (χ1v) is 6.47. The molecule has 0 aliphatic rings. The van der Waals surface area contributed by atoms with Gasteiger partial charge < -0.3 is 15.0 Å². The molecule has 19 heavy (non-hydrogen) atoms. The number of ether oxygens (including phenoxy) is 1. The highest BCUT2D eigenvalue weighted by atomic mass is 19.1. The van der Waals surface area contributed by atoms with Gasteiger partial charge in [-0.25, -0.2) is 4.39 Å². The van der Waals surface area contributed by atoms with E-state index in [9.17, 15) is 9.18 Å². The minimum absolute atomic E-state index is 0.0538. The lowest BCUT2D eigenvalue weighted by Gasteiger charge is -2.17. The minimum Gasteiger partial charge on any atom is -0.489 e. The quantitative estimate of drug-likeness (QED) is 0.729. The Balaban J connectivity index is 2.25. The Labute approximate surface area is 113 Å². The number of rotatable bonds is 8. The number of halogens is 1. The average Bonchev–Trinajstić information content (AvgIpc) is 2.41. The van der Waals surface area contributed by atoms with Crippen LogP contribution < -0.4 is 10.1 Å². The van der Waals surface area contributed by atoms with Crippen LogP contribution in [0.15, 0.2) is 24.3 Å². The number of carbonyl (C=O) groups is 1. The van der Waals surface area contributed by atoms with Gasteiger partial charge in [-0.1, -0.05) is 19.1 Å². The van der Waals surface area contributed by atoms with Crippen molar-refractivity contribution in [2.45, 2.75) is 13.3 Å². The van der Waals surface area contributed by atoms with E-state index in [1.54, 1.807) is 30.1 Å². The van der Waals surface area contributed by atoms with Crippen LogP contribution in [0.3, 0.4) is 0 Å². The van der Waals surface area contributed by atoms with Crippen LogP contribution in [-0.2, 0) is 4.79 Å². The maximum absolute atomic E-state index is 13.3. The van der Waals surface area contributed by atoms with E-state index < -0.39 is 0 Å². The van der Waals surface area contributed by atoms with Gasteiger partial charge in [0.1, 0.15) is 6.61 Å². The van der Waals surface area contributed by atoms with Crippen molar-refractivity contribution in [2.24, 2.45) is 0 Å². The van der Waals surface area contributed by atoms with Crippen LogP contribution in [0.25, 0.3) is 0 Å². The molecule has 1 aromatic carbocycles. The number of para-hydroxylation sites is 1. The average molecular weight is 268 g/mol. The van der Waals surface area contributed by atoms with Crippen molar-refractivity contribution in [3.63, 3.8) is 0 Å². The zero-order valence-corrected chi connectivity index (χ0v) is 11.5. The highest BCUT2D eigenvalue weighted by molar-refractivity contribution is 5.76. The van der Waals surface area contributed by atoms with E-state index in [4.69, 9.17) is 4.74 Å². The number of amides is 1. The van der Waals surface area contributed by atoms with Gasteiger partial charge >= 0.3 is 0 Å². The molecule has 4 nitrogen and oxygen atoms in total. The van der Waals surface area contributed by atoms with Crippen molar-refractivity contribution < 1.29 is 13.9 Å². The van der Waals surface area contributed by atoms with Crippen LogP contribution in [0, 0.1) is 5.82 Å². The molecule has 0 heterocycles. The fraction of sp³-hybridized carbons (Fsp3) is 0.500. The van der Waals surface area contributed by atoms with Gasteiger partial charge in [-0.3, -0.25) is 4.79 Å². The maximum atomic E-state index is 13.3. The number of likely N-dealkylation sites (N-methyl/N-ethyl adjacent to an activating group) is 1. The largest absolute Gasteiger partial charge is 0.489 e. The Hall–Kier alpha value is -1.62.